The summed E-state index contributed by atoms with van der Waals surface area (Å²) in [6.07, 6.45) is 2.93. The molecular weight excluding hydrogens is 229 g/mol. The summed E-state index contributed by atoms with van der Waals surface area (Å²) in [5, 5.41) is 3.49. The van der Waals surface area contributed by atoms with Crippen LogP contribution in [0, 0.1) is 5.82 Å². The van der Waals surface area contributed by atoms with Crippen LogP contribution in [-0.4, -0.2) is 24.8 Å². The molecule has 0 aliphatic carbocycles. The lowest BCUT2D eigenvalue weighted by atomic mass is 9.86. The fraction of sp³-hybridized carbons (Fsp3) is 0.600. The van der Waals surface area contributed by atoms with Crippen molar-refractivity contribution in [1.29, 1.82) is 0 Å². The molecule has 1 aromatic carbocycles. The smallest absolute Gasteiger partial charge is 0.123 e. The summed E-state index contributed by atoms with van der Waals surface area (Å²) in [4.78, 5) is 0. The zero-order valence-corrected chi connectivity index (χ0v) is 11.2. The van der Waals surface area contributed by atoms with Crippen LogP contribution in [0.4, 0.5) is 4.39 Å². The molecule has 0 bridgehead atoms. The van der Waals surface area contributed by atoms with Crippen molar-refractivity contribution >= 4 is 0 Å². The highest BCUT2D eigenvalue weighted by atomic mass is 19.1. The molecule has 0 radical (unpaired) electrons. The van der Waals surface area contributed by atoms with E-state index < -0.39 is 0 Å². The maximum absolute atomic E-state index is 12.9. The summed E-state index contributed by atoms with van der Waals surface area (Å²) >= 11 is 0. The third-order valence-electron chi connectivity index (χ3n) is 3.58. The molecule has 100 valence electrons. The van der Waals surface area contributed by atoms with Crippen LogP contribution in [0.5, 0.6) is 0 Å². The van der Waals surface area contributed by atoms with Crippen molar-refractivity contribution in [3.63, 3.8) is 0 Å². The summed E-state index contributed by atoms with van der Waals surface area (Å²) in [6.45, 7) is 6.08. The fourth-order valence-corrected chi connectivity index (χ4v) is 2.75. The predicted octanol–water partition coefficient (Wildman–Crippen LogP) is 2.92. The van der Waals surface area contributed by atoms with E-state index in [1.165, 1.54) is 12.1 Å². The number of benzene rings is 1. The van der Waals surface area contributed by atoms with Crippen molar-refractivity contribution in [3.05, 3.63) is 35.6 Å². The molecule has 1 aliphatic heterocycles. The number of ether oxygens (including phenoxy) is 1. The third-order valence-corrected chi connectivity index (χ3v) is 3.58. The number of nitrogens with one attached hydrogen (secondary N) is 1. The molecule has 0 saturated carbocycles. The Hall–Kier alpha value is -0.930. The molecule has 1 aromatic rings. The molecule has 1 fully saturated rings. The average Bonchev–Trinajstić information content (AvgIpc) is 2.32. The van der Waals surface area contributed by atoms with E-state index in [9.17, 15) is 4.39 Å². The van der Waals surface area contributed by atoms with Crippen molar-refractivity contribution in [2.75, 3.05) is 13.2 Å². The van der Waals surface area contributed by atoms with Crippen LogP contribution in [0.15, 0.2) is 24.3 Å². The Morgan fingerprint density at radius 1 is 1.39 bits per heavy atom. The van der Waals surface area contributed by atoms with Gasteiger partial charge in [0.05, 0.1) is 5.60 Å². The maximum Gasteiger partial charge on any atom is 0.123 e. The molecule has 1 heterocycles. The number of halogens is 1. The van der Waals surface area contributed by atoms with Gasteiger partial charge in [-0.3, -0.25) is 0 Å². The standard InChI is InChI=1S/C15H22FNO/c1-3-17-14-8-9-18-15(2,11-14)10-12-4-6-13(16)7-5-12/h4-7,14,17H,3,8-11H2,1-2H3. The minimum absolute atomic E-state index is 0.136. The normalized spacial score (nSPS) is 28.3. The third kappa shape index (κ3) is 3.53. The van der Waals surface area contributed by atoms with Gasteiger partial charge in [-0.1, -0.05) is 19.1 Å². The molecule has 1 saturated heterocycles. The lowest BCUT2D eigenvalue weighted by Gasteiger charge is -2.39. The van der Waals surface area contributed by atoms with Crippen molar-refractivity contribution in [2.45, 2.75) is 44.8 Å². The van der Waals surface area contributed by atoms with Crippen LogP contribution in [0.2, 0.25) is 0 Å². The van der Waals surface area contributed by atoms with E-state index in [-0.39, 0.29) is 11.4 Å². The summed E-state index contributed by atoms with van der Waals surface area (Å²) in [6, 6.07) is 7.27. The fourth-order valence-electron chi connectivity index (χ4n) is 2.75. The van der Waals surface area contributed by atoms with Gasteiger partial charge in [0.25, 0.3) is 0 Å². The Balaban J connectivity index is 1.99. The second-order valence-corrected chi connectivity index (χ2v) is 5.35. The molecule has 2 nitrogen and oxygen atoms in total. The first kappa shape index (κ1) is 13.5. The molecule has 0 amide bonds. The molecule has 0 spiro atoms. The van der Waals surface area contributed by atoms with Crippen LogP contribution < -0.4 is 5.32 Å². The minimum atomic E-state index is -0.181. The first-order valence-corrected chi connectivity index (χ1v) is 6.73. The first-order valence-electron chi connectivity index (χ1n) is 6.73. The van der Waals surface area contributed by atoms with Crippen LogP contribution in [0.3, 0.4) is 0 Å². The minimum Gasteiger partial charge on any atom is -0.375 e. The Labute approximate surface area is 109 Å². The van der Waals surface area contributed by atoms with E-state index >= 15 is 0 Å². The largest absolute Gasteiger partial charge is 0.375 e. The summed E-state index contributed by atoms with van der Waals surface area (Å²) in [7, 11) is 0. The average molecular weight is 251 g/mol. The van der Waals surface area contributed by atoms with Crippen molar-refractivity contribution in [2.24, 2.45) is 0 Å². The summed E-state index contributed by atoms with van der Waals surface area (Å²) in [5.74, 6) is -0.181. The van der Waals surface area contributed by atoms with Gasteiger partial charge in [0.2, 0.25) is 0 Å². The van der Waals surface area contributed by atoms with E-state index in [4.69, 9.17) is 4.74 Å². The van der Waals surface area contributed by atoms with E-state index in [2.05, 4.69) is 19.2 Å². The lowest BCUT2D eigenvalue weighted by Crippen LogP contribution is -2.46. The van der Waals surface area contributed by atoms with Gasteiger partial charge >= 0.3 is 0 Å². The van der Waals surface area contributed by atoms with E-state index in [0.29, 0.717) is 6.04 Å². The van der Waals surface area contributed by atoms with Gasteiger partial charge in [-0.2, -0.15) is 0 Å². The highest BCUT2D eigenvalue weighted by Crippen LogP contribution is 2.28. The van der Waals surface area contributed by atoms with Crippen molar-refractivity contribution < 1.29 is 9.13 Å². The first-order chi connectivity index (χ1) is 8.61. The monoisotopic (exact) mass is 251 g/mol. The van der Waals surface area contributed by atoms with Crippen molar-refractivity contribution in [1.82, 2.24) is 5.32 Å². The molecule has 18 heavy (non-hydrogen) atoms. The number of hydrogen-bond donors (Lipinski definition) is 1. The molecule has 2 unspecified atom stereocenters. The SMILES string of the molecule is CCNC1CCOC(C)(Cc2ccc(F)cc2)C1. The highest BCUT2D eigenvalue weighted by molar-refractivity contribution is 5.18. The van der Waals surface area contributed by atoms with Gasteiger partial charge in [-0.05, 0) is 44.0 Å². The molecule has 0 aromatic heterocycles. The molecule has 1 aliphatic rings. The zero-order valence-electron chi connectivity index (χ0n) is 11.2. The molecular formula is C15H22FNO. The lowest BCUT2D eigenvalue weighted by molar-refractivity contribution is -0.0751. The Kier molecular flexibility index (Phi) is 4.36. The van der Waals surface area contributed by atoms with Gasteiger partial charge in [-0.25, -0.2) is 4.39 Å². The van der Waals surface area contributed by atoms with E-state index in [1.807, 2.05) is 12.1 Å². The quantitative estimate of drug-likeness (QED) is 0.888. The van der Waals surface area contributed by atoms with Crippen LogP contribution >= 0.6 is 0 Å². The Morgan fingerprint density at radius 2 is 2.11 bits per heavy atom. The molecule has 2 atom stereocenters. The number of hydrogen-bond acceptors (Lipinski definition) is 2. The highest BCUT2D eigenvalue weighted by Gasteiger charge is 2.32. The maximum atomic E-state index is 12.9. The zero-order chi connectivity index (χ0) is 13.0. The van der Waals surface area contributed by atoms with E-state index in [0.717, 1.165) is 38.0 Å². The van der Waals surface area contributed by atoms with Gasteiger partial charge in [0, 0.05) is 19.1 Å². The van der Waals surface area contributed by atoms with Crippen molar-refractivity contribution in [3.8, 4) is 0 Å². The van der Waals surface area contributed by atoms with Crippen LogP contribution in [0.25, 0.3) is 0 Å². The number of rotatable bonds is 4. The van der Waals surface area contributed by atoms with Gasteiger partial charge in [0.15, 0.2) is 0 Å². The van der Waals surface area contributed by atoms with Gasteiger partial charge < -0.3 is 10.1 Å². The Bertz CT molecular complexity index is 377. The second kappa shape index (κ2) is 5.81. The summed E-state index contributed by atoms with van der Waals surface area (Å²) in [5.41, 5.74) is 0.999. The summed E-state index contributed by atoms with van der Waals surface area (Å²) < 4.78 is 18.8. The molecule has 3 heteroatoms. The second-order valence-electron chi connectivity index (χ2n) is 5.35. The molecule has 2 rings (SSSR count). The van der Waals surface area contributed by atoms with Gasteiger partial charge in [-0.15, -0.1) is 0 Å². The van der Waals surface area contributed by atoms with Crippen LogP contribution in [0.1, 0.15) is 32.3 Å². The predicted molar refractivity (Wildman–Crippen MR) is 71.2 cm³/mol. The Morgan fingerprint density at radius 3 is 2.78 bits per heavy atom. The van der Waals surface area contributed by atoms with Crippen LogP contribution in [-0.2, 0) is 11.2 Å². The van der Waals surface area contributed by atoms with Gasteiger partial charge in [0.1, 0.15) is 5.82 Å². The van der Waals surface area contributed by atoms with E-state index in [1.54, 1.807) is 0 Å². The topological polar surface area (TPSA) is 21.3 Å². The molecule has 1 N–H and O–H groups in total.